The normalized spacial score (nSPS) is 14.5. The van der Waals surface area contributed by atoms with Gasteiger partial charge in [-0.3, -0.25) is 10.4 Å². The molecule has 0 atom stereocenters. The van der Waals surface area contributed by atoms with Gasteiger partial charge in [-0.25, -0.2) is 0 Å². The van der Waals surface area contributed by atoms with Gasteiger partial charge in [0.1, 0.15) is 5.03 Å². The van der Waals surface area contributed by atoms with Gasteiger partial charge in [0.05, 0.1) is 11.9 Å². The van der Waals surface area contributed by atoms with Crippen LogP contribution < -0.4 is 16.0 Å². The average Bonchev–Trinajstić information content (AvgIpc) is 2.88. The first kappa shape index (κ1) is 13.3. The van der Waals surface area contributed by atoms with Crippen molar-refractivity contribution in [3.8, 4) is 0 Å². The van der Waals surface area contributed by atoms with Gasteiger partial charge >= 0.3 is 0 Å². The van der Waals surface area contributed by atoms with Crippen molar-refractivity contribution in [1.29, 1.82) is 0 Å². The minimum Gasteiger partial charge on any atom is -0.296 e. The molecule has 0 spiro atoms. The number of hydrogen-bond acceptors (Lipinski definition) is 4. The third kappa shape index (κ3) is 3.96. The van der Waals surface area contributed by atoms with Crippen molar-refractivity contribution < 1.29 is 0 Å². The maximum atomic E-state index is 3.20. The minimum atomic E-state index is 1.14. The summed E-state index contributed by atoms with van der Waals surface area (Å²) in [5.41, 5.74) is 7.49. The number of thioether (sulfide) groups is 1. The first-order valence-electron chi connectivity index (χ1n) is 6.60. The van der Waals surface area contributed by atoms with E-state index in [4.69, 9.17) is 0 Å². The monoisotopic (exact) mass is 263 g/mol. The van der Waals surface area contributed by atoms with Crippen LogP contribution in [0.2, 0.25) is 0 Å². The Hall–Kier alpha value is -1.13. The van der Waals surface area contributed by atoms with Crippen molar-refractivity contribution in [2.45, 2.75) is 32.6 Å². The van der Waals surface area contributed by atoms with Gasteiger partial charge in [-0.1, -0.05) is 44.4 Å². The molecule has 0 aromatic heterocycles. The van der Waals surface area contributed by atoms with Crippen molar-refractivity contribution in [3.63, 3.8) is 0 Å². The van der Waals surface area contributed by atoms with Crippen molar-refractivity contribution in [2.24, 2.45) is 0 Å². The molecule has 0 aliphatic carbocycles. The number of para-hydroxylation sites is 1. The van der Waals surface area contributed by atoms with Gasteiger partial charge in [0.2, 0.25) is 0 Å². The molecule has 1 aromatic rings. The number of nitrogens with zero attached hydrogens (tertiary/aromatic N) is 1. The highest BCUT2D eigenvalue weighted by molar-refractivity contribution is 8.03. The van der Waals surface area contributed by atoms with E-state index in [2.05, 4.69) is 36.2 Å². The van der Waals surface area contributed by atoms with E-state index in [0.29, 0.717) is 0 Å². The van der Waals surface area contributed by atoms with Crippen LogP contribution in [-0.4, -0.2) is 5.75 Å². The molecule has 1 aliphatic heterocycles. The summed E-state index contributed by atoms with van der Waals surface area (Å²) in [7, 11) is 0. The van der Waals surface area contributed by atoms with Gasteiger partial charge in [0.25, 0.3) is 0 Å². The molecular weight excluding hydrogens is 242 g/mol. The van der Waals surface area contributed by atoms with Crippen molar-refractivity contribution in [1.82, 2.24) is 11.0 Å². The van der Waals surface area contributed by atoms with E-state index in [-0.39, 0.29) is 0 Å². The molecule has 0 fully saturated rings. The SMILES string of the molecule is CCCCCCSC1=CN(c2ccccc2)NN1. The number of anilines is 1. The molecular formula is C14H21N3S. The van der Waals surface area contributed by atoms with Crippen LogP contribution in [0, 0.1) is 0 Å². The Morgan fingerprint density at radius 2 is 1.94 bits per heavy atom. The third-order valence-corrected chi connectivity index (χ3v) is 3.85. The molecule has 2 N–H and O–H groups in total. The summed E-state index contributed by atoms with van der Waals surface area (Å²) in [6.07, 6.45) is 7.39. The summed E-state index contributed by atoms with van der Waals surface area (Å²) in [5.74, 6) is 1.18. The zero-order chi connectivity index (χ0) is 12.6. The van der Waals surface area contributed by atoms with E-state index in [1.807, 2.05) is 35.0 Å². The number of hydrazine groups is 2. The lowest BCUT2D eigenvalue weighted by Gasteiger charge is -2.14. The van der Waals surface area contributed by atoms with Gasteiger partial charge in [0.15, 0.2) is 0 Å². The average molecular weight is 263 g/mol. The smallest absolute Gasteiger partial charge is 0.102 e. The van der Waals surface area contributed by atoms with E-state index in [1.165, 1.54) is 36.5 Å². The zero-order valence-corrected chi connectivity index (χ0v) is 11.7. The molecule has 1 heterocycles. The van der Waals surface area contributed by atoms with E-state index in [0.717, 1.165) is 5.69 Å². The van der Waals surface area contributed by atoms with Gasteiger partial charge in [-0.15, -0.1) is 17.3 Å². The van der Waals surface area contributed by atoms with Gasteiger partial charge in [0, 0.05) is 0 Å². The van der Waals surface area contributed by atoms with Crippen LogP contribution in [0.3, 0.4) is 0 Å². The lowest BCUT2D eigenvalue weighted by atomic mass is 10.2. The summed E-state index contributed by atoms with van der Waals surface area (Å²) in [6, 6.07) is 10.3. The topological polar surface area (TPSA) is 27.3 Å². The molecule has 1 aromatic carbocycles. The van der Waals surface area contributed by atoms with E-state index in [1.54, 1.807) is 0 Å². The van der Waals surface area contributed by atoms with E-state index in [9.17, 15) is 0 Å². The molecule has 0 amide bonds. The fourth-order valence-corrected chi connectivity index (χ4v) is 2.68. The minimum absolute atomic E-state index is 1.14. The number of benzene rings is 1. The standard InChI is InChI=1S/C14H21N3S/c1-2-3-4-8-11-18-14-12-17(16-15-14)13-9-6-5-7-10-13/h5-7,9-10,12,15-16H,2-4,8,11H2,1H3. The van der Waals surface area contributed by atoms with Crippen molar-refractivity contribution in [2.75, 3.05) is 10.8 Å². The Morgan fingerprint density at radius 1 is 1.11 bits per heavy atom. The molecule has 2 rings (SSSR count). The molecule has 0 saturated carbocycles. The van der Waals surface area contributed by atoms with Crippen molar-refractivity contribution in [3.05, 3.63) is 41.6 Å². The molecule has 0 radical (unpaired) electrons. The Kier molecular flexibility index (Phi) is 5.42. The first-order chi connectivity index (χ1) is 8.90. The highest BCUT2D eigenvalue weighted by Crippen LogP contribution is 2.21. The van der Waals surface area contributed by atoms with Gasteiger partial charge in [-0.05, 0) is 24.3 Å². The lowest BCUT2D eigenvalue weighted by molar-refractivity contribution is 0.674. The van der Waals surface area contributed by atoms with Gasteiger partial charge < -0.3 is 0 Å². The predicted molar refractivity (Wildman–Crippen MR) is 79.9 cm³/mol. The summed E-state index contributed by atoms with van der Waals surface area (Å²) >= 11 is 1.88. The molecule has 4 heteroatoms. The van der Waals surface area contributed by atoms with Crippen LogP contribution in [0.1, 0.15) is 32.6 Å². The van der Waals surface area contributed by atoms with Crippen LogP contribution in [0.15, 0.2) is 41.6 Å². The summed E-state index contributed by atoms with van der Waals surface area (Å²) in [5, 5.41) is 3.20. The fraction of sp³-hybridized carbons (Fsp3) is 0.429. The molecule has 1 aliphatic rings. The molecule has 3 nitrogen and oxygen atoms in total. The second-order valence-electron chi connectivity index (χ2n) is 4.34. The van der Waals surface area contributed by atoms with Crippen LogP contribution >= 0.6 is 11.8 Å². The highest BCUT2D eigenvalue weighted by Gasteiger charge is 2.12. The summed E-state index contributed by atoms with van der Waals surface area (Å²) in [4.78, 5) is 0. The van der Waals surface area contributed by atoms with Crippen molar-refractivity contribution >= 4 is 17.4 Å². The number of nitrogens with one attached hydrogen (secondary N) is 2. The molecule has 18 heavy (non-hydrogen) atoms. The lowest BCUT2D eigenvalue weighted by Crippen LogP contribution is -2.36. The molecule has 98 valence electrons. The van der Waals surface area contributed by atoms with Crippen LogP contribution in [0.5, 0.6) is 0 Å². The molecule has 0 bridgehead atoms. The third-order valence-electron chi connectivity index (χ3n) is 2.84. The largest absolute Gasteiger partial charge is 0.296 e. The first-order valence-corrected chi connectivity index (χ1v) is 7.59. The number of rotatable bonds is 7. The maximum absolute atomic E-state index is 3.20. The second kappa shape index (κ2) is 7.34. The maximum Gasteiger partial charge on any atom is 0.102 e. The molecule has 0 unspecified atom stereocenters. The number of hydrogen-bond donors (Lipinski definition) is 2. The van der Waals surface area contributed by atoms with Crippen LogP contribution in [0.25, 0.3) is 0 Å². The second-order valence-corrected chi connectivity index (χ2v) is 5.48. The summed E-state index contributed by atoms with van der Waals surface area (Å²) in [6.45, 7) is 2.25. The van der Waals surface area contributed by atoms with E-state index >= 15 is 0 Å². The Labute approximate surface area is 114 Å². The summed E-state index contributed by atoms with van der Waals surface area (Å²) < 4.78 is 0. The van der Waals surface area contributed by atoms with Crippen LogP contribution in [0.4, 0.5) is 5.69 Å². The Morgan fingerprint density at radius 3 is 2.72 bits per heavy atom. The predicted octanol–water partition coefficient (Wildman–Crippen LogP) is 3.63. The fourth-order valence-electron chi connectivity index (χ4n) is 1.81. The Balaban J connectivity index is 1.75. The number of unbranched alkanes of at least 4 members (excludes halogenated alkanes) is 3. The molecule has 0 saturated heterocycles. The van der Waals surface area contributed by atoms with E-state index < -0.39 is 0 Å². The van der Waals surface area contributed by atoms with Crippen LogP contribution in [-0.2, 0) is 0 Å². The zero-order valence-electron chi connectivity index (χ0n) is 10.9. The highest BCUT2D eigenvalue weighted by atomic mass is 32.2. The Bertz CT molecular complexity index is 378. The van der Waals surface area contributed by atoms with Gasteiger partial charge in [-0.2, -0.15) is 0 Å². The quantitative estimate of drug-likeness (QED) is 0.735.